The number of nitrogens with one attached hydrogen (secondary N) is 1. The molecule has 7 nitrogen and oxygen atoms in total. The van der Waals surface area contributed by atoms with E-state index in [4.69, 9.17) is 4.74 Å². The first-order valence-electron chi connectivity index (χ1n) is 9.58. The summed E-state index contributed by atoms with van der Waals surface area (Å²) >= 11 is 0. The third-order valence-corrected chi connectivity index (χ3v) is 5.10. The lowest BCUT2D eigenvalue weighted by Gasteiger charge is -2.35. The van der Waals surface area contributed by atoms with E-state index in [1.165, 1.54) is 32.7 Å². The molecule has 0 amide bonds. The zero-order valence-corrected chi connectivity index (χ0v) is 15.7. The van der Waals surface area contributed by atoms with Gasteiger partial charge in [0.2, 0.25) is 0 Å². The fourth-order valence-electron chi connectivity index (χ4n) is 3.48. The van der Waals surface area contributed by atoms with Crippen molar-refractivity contribution in [3.8, 4) is 0 Å². The van der Waals surface area contributed by atoms with Crippen LogP contribution in [0.3, 0.4) is 0 Å². The Labute approximate surface area is 151 Å². The van der Waals surface area contributed by atoms with Gasteiger partial charge in [-0.15, -0.1) is 0 Å². The molecule has 1 unspecified atom stereocenters. The largest absolute Gasteiger partial charge is 0.378 e. The topological polar surface area (TPSA) is 56.8 Å². The number of aromatic nitrogens is 2. The molecule has 1 N–H and O–H groups in total. The number of piperazine rings is 1. The highest BCUT2D eigenvalue weighted by Gasteiger charge is 2.17. The lowest BCUT2D eigenvalue weighted by Crippen LogP contribution is -2.47. The molecule has 2 saturated heterocycles. The lowest BCUT2D eigenvalue weighted by atomic mass is 10.1. The highest BCUT2D eigenvalue weighted by molar-refractivity contribution is 5.48. The zero-order chi connectivity index (χ0) is 17.5. The van der Waals surface area contributed by atoms with E-state index in [9.17, 15) is 0 Å². The zero-order valence-electron chi connectivity index (χ0n) is 15.7. The molecule has 140 valence electrons. The van der Waals surface area contributed by atoms with Gasteiger partial charge in [0.25, 0.3) is 0 Å². The Morgan fingerprint density at radius 3 is 2.52 bits per heavy atom. The molecule has 0 bridgehead atoms. The van der Waals surface area contributed by atoms with Crippen LogP contribution in [0.15, 0.2) is 12.4 Å². The Kier molecular flexibility index (Phi) is 6.84. The van der Waals surface area contributed by atoms with Crippen LogP contribution in [0.4, 0.5) is 11.6 Å². The molecule has 1 aromatic heterocycles. The van der Waals surface area contributed by atoms with Crippen molar-refractivity contribution in [3.63, 3.8) is 0 Å². The number of ether oxygens (including phenoxy) is 1. The molecule has 1 aromatic rings. The average molecular weight is 348 g/mol. The number of likely N-dealkylation sites (N-methyl/N-ethyl adjacent to an activating group) is 1. The van der Waals surface area contributed by atoms with E-state index < -0.39 is 0 Å². The third-order valence-electron chi connectivity index (χ3n) is 5.10. The Morgan fingerprint density at radius 2 is 1.80 bits per heavy atom. The number of morpholine rings is 1. The first-order valence-corrected chi connectivity index (χ1v) is 9.58. The molecular weight excluding hydrogens is 316 g/mol. The maximum absolute atomic E-state index is 5.41. The van der Waals surface area contributed by atoms with E-state index in [1.54, 1.807) is 6.33 Å². The highest BCUT2D eigenvalue weighted by Crippen LogP contribution is 2.16. The van der Waals surface area contributed by atoms with Gasteiger partial charge in [-0.25, -0.2) is 9.97 Å². The van der Waals surface area contributed by atoms with Gasteiger partial charge in [-0.3, -0.25) is 0 Å². The summed E-state index contributed by atoms with van der Waals surface area (Å²) in [6, 6.07) is 2.05. The minimum atomic E-state index is 0.593. The van der Waals surface area contributed by atoms with Crippen molar-refractivity contribution in [2.24, 2.45) is 5.92 Å². The van der Waals surface area contributed by atoms with Gasteiger partial charge >= 0.3 is 0 Å². The monoisotopic (exact) mass is 348 g/mol. The van der Waals surface area contributed by atoms with Crippen molar-refractivity contribution >= 4 is 11.6 Å². The molecular formula is C18H32N6O. The van der Waals surface area contributed by atoms with Crippen LogP contribution < -0.4 is 10.2 Å². The fraction of sp³-hybridized carbons (Fsp3) is 0.778. The average Bonchev–Trinajstić information content (AvgIpc) is 2.68. The molecule has 7 heteroatoms. The van der Waals surface area contributed by atoms with E-state index in [2.05, 4.69) is 49.9 Å². The molecule has 0 aromatic carbocycles. The molecule has 25 heavy (non-hydrogen) atoms. The van der Waals surface area contributed by atoms with Crippen molar-refractivity contribution in [3.05, 3.63) is 12.4 Å². The van der Waals surface area contributed by atoms with Crippen molar-refractivity contribution in [2.75, 3.05) is 82.3 Å². The Hall–Kier alpha value is -1.44. The van der Waals surface area contributed by atoms with Gasteiger partial charge in [0.15, 0.2) is 0 Å². The minimum Gasteiger partial charge on any atom is -0.378 e. The summed E-state index contributed by atoms with van der Waals surface area (Å²) in [5.41, 5.74) is 0. The van der Waals surface area contributed by atoms with Gasteiger partial charge in [0, 0.05) is 58.4 Å². The van der Waals surface area contributed by atoms with E-state index in [0.29, 0.717) is 5.92 Å². The van der Waals surface area contributed by atoms with Crippen LogP contribution in [-0.4, -0.2) is 91.9 Å². The van der Waals surface area contributed by atoms with E-state index in [-0.39, 0.29) is 0 Å². The van der Waals surface area contributed by atoms with Crippen LogP contribution in [-0.2, 0) is 4.74 Å². The van der Waals surface area contributed by atoms with Gasteiger partial charge in [-0.1, -0.05) is 13.8 Å². The molecule has 2 aliphatic rings. The predicted molar refractivity (Wildman–Crippen MR) is 101 cm³/mol. The molecule has 0 aliphatic carbocycles. The van der Waals surface area contributed by atoms with Crippen LogP contribution in [0.5, 0.6) is 0 Å². The summed E-state index contributed by atoms with van der Waals surface area (Å²) in [5, 5.41) is 3.49. The van der Waals surface area contributed by atoms with E-state index in [0.717, 1.165) is 51.0 Å². The first-order chi connectivity index (χ1) is 12.2. The van der Waals surface area contributed by atoms with Crippen molar-refractivity contribution < 1.29 is 4.74 Å². The molecule has 0 radical (unpaired) electrons. The summed E-state index contributed by atoms with van der Waals surface area (Å²) in [5.74, 6) is 2.50. The molecule has 0 spiro atoms. The number of hydrogen-bond donors (Lipinski definition) is 1. The van der Waals surface area contributed by atoms with E-state index in [1.807, 2.05) is 0 Å². The van der Waals surface area contributed by atoms with Gasteiger partial charge in [0.1, 0.15) is 18.0 Å². The second-order valence-corrected chi connectivity index (χ2v) is 7.08. The summed E-state index contributed by atoms with van der Waals surface area (Å²) in [4.78, 5) is 16.1. The number of anilines is 2. The van der Waals surface area contributed by atoms with Crippen LogP contribution in [0, 0.1) is 5.92 Å². The van der Waals surface area contributed by atoms with Crippen molar-refractivity contribution in [2.45, 2.75) is 13.8 Å². The van der Waals surface area contributed by atoms with E-state index >= 15 is 0 Å². The normalized spacial score (nSPS) is 21.3. The quantitative estimate of drug-likeness (QED) is 0.789. The van der Waals surface area contributed by atoms with Gasteiger partial charge < -0.3 is 24.8 Å². The van der Waals surface area contributed by atoms with Crippen LogP contribution >= 0.6 is 0 Å². The van der Waals surface area contributed by atoms with Crippen molar-refractivity contribution in [1.29, 1.82) is 0 Å². The standard InChI is InChI=1S/C18H32N6O/c1-3-22-4-6-23(7-5-22)14-16(2)13-19-17-12-18(21-15-20-17)24-8-10-25-11-9-24/h12,15-16H,3-11,13-14H2,1-2H3,(H,19,20,21). The molecule has 2 aliphatic heterocycles. The molecule has 3 heterocycles. The van der Waals surface area contributed by atoms with Crippen molar-refractivity contribution in [1.82, 2.24) is 19.8 Å². The number of rotatable bonds is 7. The summed E-state index contributed by atoms with van der Waals surface area (Å²) in [7, 11) is 0. The Bertz CT molecular complexity index is 514. The smallest absolute Gasteiger partial charge is 0.134 e. The van der Waals surface area contributed by atoms with Gasteiger partial charge in [-0.05, 0) is 12.5 Å². The fourth-order valence-corrected chi connectivity index (χ4v) is 3.48. The van der Waals surface area contributed by atoms with Crippen LogP contribution in [0.2, 0.25) is 0 Å². The number of nitrogens with zero attached hydrogens (tertiary/aromatic N) is 5. The SMILES string of the molecule is CCN1CCN(CC(C)CNc2cc(N3CCOCC3)ncn2)CC1. The summed E-state index contributed by atoms with van der Waals surface area (Å²) in [6.45, 7) is 15.9. The molecule has 0 saturated carbocycles. The first kappa shape index (κ1) is 18.4. The molecule has 2 fully saturated rings. The second kappa shape index (κ2) is 9.31. The third kappa shape index (κ3) is 5.52. The van der Waals surface area contributed by atoms with Gasteiger partial charge in [0.05, 0.1) is 13.2 Å². The van der Waals surface area contributed by atoms with Gasteiger partial charge in [-0.2, -0.15) is 0 Å². The highest BCUT2D eigenvalue weighted by atomic mass is 16.5. The summed E-state index contributed by atoms with van der Waals surface area (Å²) in [6.07, 6.45) is 1.65. The maximum atomic E-state index is 5.41. The summed E-state index contributed by atoms with van der Waals surface area (Å²) < 4.78 is 5.41. The Balaban J connectivity index is 1.43. The second-order valence-electron chi connectivity index (χ2n) is 7.08. The predicted octanol–water partition coefficient (Wildman–Crippen LogP) is 0.999. The number of hydrogen-bond acceptors (Lipinski definition) is 7. The molecule has 3 rings (SSSR count). The minimum absolute atomic E-state index is 0.593. The Morgan fingerprint density at radius 1 is 1.08 bits per heavy atom. The van der Waals surface area contributed by atoms with Crippen LogP contribution in [0.25, 0.3) is 0 Å². The molecule has 1 atom stereocenters. The van der Waals surface area contributed by atoms with Crippen LogP contribution in [0.1, 0.15) is 13.8 Å². The maximum Gasteiger partial charge on any atom is 0.134 e. The lowest BCUT2D eigenvalue weighted by molar-refractivity contribution is 0.122.